The highest BCUT2D eigenvalue weighted by Crippen LogP contribution is 2.19. The maximum Gasteiger partial charge on any atom is 0.251 e. The lowest BCUT2D eigenvalue weighted by molar-refractivity contribution is 0.0951. The molecule has 0 aliphatic carbocycles. The minimum atomic E-state index is -0.438. The van der Waals surface area contributed by atoms with Gasteiger partial charge in [-0.15, -0.1) is 0 Å². The molecule has 1 amide bonds. The van der Waals surface area contributed by atoms with Crippen LogP contribution < -0.4 is 15.0 Å². The van der Waals surface area contributed by atoms with Crippen molar-refractivity contribution >= 4 is 11.6 Å². The van der Waals surface area contributed by atoms with Crippen molar-refractivity contribution < 1.29 is 13.9 Å². The Morgan fingerprint density at radius 3 is 2.40 bits per heavy atom. The average molecular weight is 344 g/mol. The number of anilines is 1. The highest BCUT2D eigenvalue weighted by Gasteiger charge is 2.11. The fourth-order valence-corrected chi connectivity index (χ4v) is 2.75. The first-order valence-electron chi connectivity index (χ1n) is 8.43. The number of ether oxygens (including phenoxy) is 1. The molecule has 0 fully saturated rings. The van der Waals surface area contributed by atoms with E-state index in [-0.39, 0.29) is 18.2 Å². The van der Waals surface area contributed by atoms with Gasteiger partial charge in [-0.05, 0) is 62.7 Å². The van der Waals surface area contributed by atoms with Gasteiger partial charge in [-0.3, -0.25) is 4.79 Å². The highest BCUT2D eigenvalue weighted by atomic mass is 19.1. The number of carbonyl (C=O) groups excluding carboxylic acids is 1. The maximum atomic E-state index is 13.7. The van der Waals surface area contributed by atoms with E-state index in [0.29, 0.717) is 17.2 Å². The number of carbonyl (C=O) groups is 1. The molecule has 0 aliphatic heterocycles. The van der Waals surface area contributed by atoms with Crippen molar-refractivity contribution in [2.75, 3.05) is 18.6 Å². The molecule has 0 radical (unpaired) electrons. The van der Waals surface area contributed by atoms with Gasteiger partial charge in [0.15, 0.2) is 11.6 Å². The van der Waals surface area contributed by atoms with E-state index in [0.717, 1.165) is 12.2 Å². The van der Waals surface area contributed by atoms with Gasteiger partial charge >= 0.3 is 0 Å². The first-order chi connectivity index (χ1) is 12.0. The molecule has 4 nitrogen and oxygen atoms in total. The Labute approximate surface area is 148 Å². The molecule has 0 aliphatic rings. The number of rotatable bonds is 7. The molecule has 0 saturated heterocycles. The van der Waals surface area contributed by atoms with Gasteiger partial charge in [0, 0.05) is 30.4 Å². The van der Waals surface area contributed by atoms with Gasteiger partial charge in [0.25, 0.3) is 5.91 Å². The molecule has 0 bridgehead atoms. The standard InChI is InChI=1S/C20H25FN2O2/c1-5-23(14(2)3)17-9-7-16(8-10-17)20(24)22-13-15-6-11-19(25-4)18(21)12-15/h6-12,14H,5,13H2,1-4H3,(H,22,24). The van der Waals surface area contributed by atoms with Gasteiger partial charge in [-0.2, -0.15) is 0 Å². The van der Waals surface area contributed by atoms with Crippen molar-refractivity contribution in [3.05, 3.63) is 59.4 Å². The van der Waals surface area contributed by atoms with E-state index in [1.165, 1.54) is 13.2 Å². The van der Waals surface area contributed by atoms with Crippen LogP contribution in [0.3, 0.4) is 0 Å². The van der Waals surface area contributed by atoms with E-state index in [9.17, 15) is 9.18 Å². The van der Waals surface area contributed by atoms with Crippen molar-refractivity contribution in [1.82, 2.24) is 5.32 Å². The predicted molar refractivity (Wildman–Crippen MR) is 98.7 cm³/mol. The number of hydrogen-bond acceptors (Lipinski definition) is 3. The Kier molecular flexibility index (Phi) is 6.39. The summed E-state index contributed by atoms with van der Waals surface area (Å²) in [6.45, 7) is 7.55. The molecule has 0 saturated carbocycles. The summed E-state index contributed by atoms with van der Waals surface area (Å²) in [6, 6.07) is 12.6. The Morgan fingerprint density at radius 2 is 1.88 bits per heavy atom. The number of benzene rings is 2. The summed E-state index contributed by atoms with van der Waals surface area (Å²) in [6.07, 6.45) is 0. The Bertz CT molecular complexity index is 714. The molecular weight excluding hydrogens is 319 g/mol. The number of hydrogen-bond donors (Lipinski definition) is 1. The van der Waals surface area contributed by atoms with Crippen LogP contribution in [0.2, 0.25) is 0 Å². The molecule has 2 rings (SSSR count). The van der Waals surface area contributed by atoms with Crippen LogP contribution in [-0.4, -0.2) is 25.6 Å². The van der Waals surface area contributed by atoms with Gasteiger partial charge in [0.05, 0.1) is 7.11 Å². The second-order valence-electron chi connectivity index (χ2n) is 6.08. The lowest BCUT2D eigenvalue weighted by Gasteiger charge is -2.27. The van der Waals surface area contributed by atoms with Crippen LogP contribution in [0.5, 0.6) is 5.75 Å². The van der Waals surface area contributed by atoms with Crippen LogP contribution in [0.25, 0.3) is 0 Å². The predicted octanol–water partition coefficient (Wildman–Crippen LogP) is 4.00. The number of nitrogens with one attached hydrogen (secondary N) is 1. The fraction of sp³-hybridized carbons (Fsp3) is 0.350. The third-order valence-electron chi connectivity index (χ3n) is 4.09. The normalized spacial score (nSPS) is 10.6. The summed E-state index contributed by atoms with van der Waals surface area (Å²) in [5.74, 6) is -0.432. The van der Waals surface area contributed by atoms with Gasteiger partial charge in [-0.25, -0.2) is 4.39 Å². The summed E-state index contributed by atoms with van der Waals surface area (Å²) < 4.78 is 18.6. The van der Waals surface area contributed by atoms with E-state index >= 15 is 0 Å². The molecule has 5 heteroatoms. The molecule has 1 N–H and O–H groups in total. The van der Waals surface area contributed by atoms with Gasteiger partial charge in [-0.1, -0.05) is 6.07 Å². The van der Waals surface area contributed by atoms with Crippen molar-refractivity contribution in [1.29, 1.82) is 0 Å². The Hall–Kier alpha value is -2.56. The van der Waals surface area contributed by atoms with E-state index in [1.54, 1.807) is 12.1 Å². The summed E-state index contributed by atoms with van der Waals surface area (Å²) in [5.41, 5.74) is 2.35. The van der Waals surface area contributed by atoms with Crippen LogP contribution in [-0.2, 0) is 6.54 Å². The zero-order chi connectivity index (χ0) is 18.4. The molecule has 0 unspecified atom stereocenters. The topological polar surface area (TPSA) is 41.6 Å². The minimum Gasteiger partial charge on any atom is -0.494 e. The number of amides is 1. The number of nitrogens with zero attached hydrogens (tertiary/aromatic N) is 1. The van der Waals surface area contributed by atoms with Crippen molar-refractivity contribution in [2.45, 2.75) is 33.4 Å². The molecule has 0 aromatic heterocycles. The van der Waals surface area contributed by atoms with E-state index in [1.807, 2.05) is 24.3 Å². The maximum absolute atomic E-state index is 13.7. The summed E-state index contributed by atoms with van der Waals surface area (Å²) in [7, 11) is 1.42. The van der Waals surface area contributed by atoms with E-state index < -0.39 is 5.82 Å². The van der Waals surface area contributed by atoms with Crippen LogP contribution >= 0.6 is 0 Å². The molecule has 2 aromatic carbocycles. The van der Waals surface area contributed by atoms with Crippen molar-refractivity contribution in [2.24, 2.45) is 0 Å². The van der Waals surface area contributed by atoms with Crippen LogP contribution in [0, 0.1) is 5.82 Å². The van der Waals surface area contributed by atoms with Gasteiger partial charge < -0.3 is 15.0 Å². The van der Waals surface area contributed by atoms with Gasteiger partial charge in [0.1, 0.15) is 0 Å². The minimum absolute atomic E-state index is 0.185. The average Bonchev–Trinajstić information content (AvgIpc) is 2.60. The summed E-state index contributed by atoms with van der Waals surface area (Å²) in [5, 5.41) is 2.81. The molecule has 2 aromatic rings. The smallest absolute Gasteiger partial charge is 0.251 e. The SMILES string of the molecule is CCN(c1ccc(C(=O)NCc2ccc(OC)c(F)c2)cc1)C(C)C. The highest BCUT2D eigenvalue weighted by molar-refractivity contribution is 5.94. The monoisotopic (exact) mass is 344 g/mol. The summed E-state index contributed by atoms with van der Waals surface area (Å²) in [4.78, 5) is 14.5. The lowest BCUT2D eigenvalue weighted by Crippen LogP contribution is -2.30. The molecule has 0 heterocycles. The third kappa shape index (κ3) is 4.72. The molecule has 0 atom stereocenters. The molecule has 25 heavy (non-hydrogen) atoms. The zero-order valence-corrected chi connectivity index (χ0v) is 15.2. The second kappa shape index (κ2) is 8.51. The fourth-order valence-electron chi connectivity index (χ4n) is 2.75. The van der Waals surface area contributed by atoms with Crippen molar-refractivity contribution in [3.63, 3.8) is 0 Å². The second-order valence-corrected chi connectivity index (χ2v) is 6.08. The zero-order valence-electron chi connectivity index (χ0n) is 15.2. The van der Waals surface area contributed by atoms with Crippen LogP contribution in [0.4, 0.5) is 10.1 Å². The Morgan fingerprint density at radius 1 is 1.20 bits per heavy atom. The number of halogens is 1. The van der Waals surface area contributed by atoms with Crippen LogP contribution in [0.1, 0.15) is 36.7 Å². The first kappa shape index (κ1) is 18.8. The van der Waals surface area contributed by atoms with E-state index in [4.69, 9.17) is 4.74 Å². The van der Waals surface area contributed by atoms with Crippen molar-refractivity contribution in [3.8, 4) is 5.75 Å². The summed E-state index contributed by atoms with van der Waals surface area (Å²) >= 11 is 0. The largest absolute Gasteiger partial charge is 0.494 e. The Balaban J connectivity index is 2.00. The molecule has 0 spiro atoms. The van der Waals surface area contributed by atoms with Gasteiger partial charge in [0.2, 0.25) is 0 Å². The molecule has 134 valence electrons. The molecular formula is C20H25FN2O2. The number of methoxy groups -OCH3 is 1. The first-order valence-corrected chi connectivity index (χ1v) is 8.43. The van der Waals surface area contributed by atoms with E-state index in [2.05, 4.69) is 31.0 Å². The van der Waals surface area contributed by atoms with Crippen LogP contribution in [0.15, 0.2) is 42.5 Å². The quantitative estimate of drug-likeness (QED) is 0.825. The lowest BCUT2D eigenvalue weighted by atomic mass is 10.1. The third-order valence-corrected chi connectivity index (χ3v) is 4.09.